The summed E-state index contributed by atoms with van der Waals surface area (Å²) in [5.74, 6) is 3.24. The van der Waals surface area contributed by atoms with Crippen molar-refractivity contribution in [2.45, 2.75) is 65.7 Å². The van der Waals surface area contributed by atoms with E-state index in [1.807, 2.05) is 0 Å². The van der Waals surface area contributed by atoms with Gasteiger partial charge in [0.1, 0.15) is 0 Å². The minimum atomic E-state index is 0.0593. The Balaban J connectivity index is 1.67. The van der Waals surface area contributed by atoms with Gasteiger partial charge in [0.25, 0.3) is 0 Å². The first-order valence-corrected chi connectivity index (χ1v) is 8.30. The largest absolute Gasteiger partial charge is 0.273 e. The van der Waals surface area contributed by atoms with Gasteiger partial charge in [0.05, 0.1) is 0 Å². The van der Waals surface area contributed by atoms with Gasteiger partial charge in [-0.1, -0.05) is 13.8 Å². The lowest BCUT2D eigenvalue weighted by Gasteiger charge is -2.56. The first kappa shape index (κ1) is 14.1. The normalized spacial score (nSPS) is 39.4. The molecule has 0 aromatic heterocycles. The van der Waals surface area contributed by atoms with Gasteiger partial charge < -0.3 is 0 Å². The van der Waals surface area contributed by atoms with Gasteiger partial charge in [-0.15, -0.1) is 0 Å². The molecule has 0 aromatic rings. The Morgan fingerprint density at radius 3 is 2.10 bits per heavy atom. The van der Waals surface area contributed by atoms with E-state index in [4.69, 9.17) is 0 Å². The van der Waals surface area contributed by atoms with Crippen molar-refractivity contribution in [1.29, 1.82) is 0 Å². The molecular weight excluding hydrogens is 248 g/mol. The predicted molar refractivity (Wildman–Crippen MR) is 81.3 cm³/mol. The molecule has 4 bridgehead atoms. The average molecular weight is 276 g/mol. The van der Waals surface area contributed by atoms with Crippen LogP contribution in [-0.2, 0) is 4.79 Å². The molecule has 1 N–H and O–H groups in total. The number of hydrogen-bond acceptors (Lipinski definition) is 2. The lowest BCUT2D eigenvalue weighted by atomic mass is 9.48. The van der Waals surface area contributed by atoms with Crippen molar-refractivity contribution in [3.8, 4) is 0 Å². The summed E-state index contributed by atoms with van der Waals surface area (Å²) in [5, 5.41) is 4.48. The summed E-state index contributed by atoms with van der Waals surface area (Å²) < 4.78 is 0. The molecule has 0 aromatic carbocycles. The van der Waals surface area contributed by atoms with Crippen LogP contribution >= 0.6 is 0 Å². The molecule has 1 amide bonds. The predicted octanol–water partition coefficient (Wildman–Crippen LogP) is 3.74. The molecule has 4 saturated carbocycles. The molecule has 0 aliphatic heterocycles. The second kappa shape index (κ2) is 5.16. The van der Waals surface area contributed by atoms with Crippen molar-refractivity contribution in [2.75, 3.05) is 0 Å². The molecule has 0 heterocycles. The minimum absolute atomic E-state index is 0.0593. The first-order chi connectivity index (χ1) is 9.47. The number of nitrogens with zero attached hydrogens (tertiary/aromatic N) is 1. The third-order valence-corrected chi connectivity index (χ3v) is 5.75. The van der Waals surface area contributed by atoms with Gasteiger partial charge in [-0.2, -0.15) is 5.10 Å². The Morgan fingerprint density at radius 1 is 1.15 bits per heavy atom. The summed E-state index contributed by atoms with van der Waals surface area (Å²) in [6.45, 7) is 6.27. The Hall–Kier alpha value is -0.860. The van der Waals surface area contributed by atoms with E-state index in [-0.39, 0.29) is 5.91 Å². The van der Waals surface area contributed by atoms with E-state index >= 15 is 0 Å². The molecular formula is C17H28N2O. The van der Waals surface area contributed by atoms with Crippen molar-refractivity contribution in [3.63, 3.8) is 0 Å². The van der Waals surface area contributed by atoms with Crippen LogP contribution in [0.1, 0.15) is 65.7 Å². The monoisotopic (exact) mass is 276 g/mol. The number of hydrazone groups is 1. The van der Waals surface area contributed by atoms with Crippen LogP contribution in [0.25, 0.3) is 0 Å². The van der Waals surface area contributed by atoms with E-state index in [9.17, 15) is 4.79 Å². The molecule has 0 atom stereocenters. The topological polar surface area (TPSA) is 41.5 Å². The van der Waals surface area contributed by atoms with Crippen LogP contribution in [0.4, 0.5) is 0 Å². The SMILES string of the molecule is CC(=NNC(=O)CC(C)C)C12CC3CC(CC(C3)C1)C2. The number of amides is 1. The second-order valence-electron chi connectivity index (χ2n) is 8.03. The molecule has 4 aliphatic carbocycles. The molecule has 0 unspecified atom stereocenters. The fourth-order valence-corrected chi connectivity index (χ4v) is 5.23. The van der Waals surface area contributed by atoms with Crippen LogP contribution < -0.4 is 5.43 Å². The third kappa shape index (κ3) is 2.64. The zero-order chi connectivity index (χ0) is 14.3. The van der Waals surface area contributed by atoms with Crippen LogP contribution in [-0.4, -0.2) is 11.6 Å². The lowest BCUT2D eigenvalue weighted by Crippen LogP contribution is -2.49. The van der Waals surface area contributed by atoms with Gasteiger partial charge in [-0.25, -0.2) is 5.43 Å². The highest BCUT2D eigenvalue weighted by atomic mass is 16.2. The van der Waals surface area contributed by atoms with Crippen molar-refractivity contribution < 1.29 is 4.79 Å². The zero-order valence-corrected chi connectivity index (χ0v) is 13.1. The highest BCUT2D eigenvalue weighted by molar-refractivity contribution is 5.89. The molecule has 20 heavy (non-hydrogen) atoms. The molecule has 0 spiro atoms. The molecule has 4 aliphatic rings. The smallest absolute Gasteiger partial charge is 0.240 e. The maximum atomic E-state index is 11.8. The number of carbonyl (C=O) groups is 1. The van der Waals surface area contributed by atoms with Gasteiger partial charge in [0, 0.05) is 17.5 Å². The van der Waals surface area contributed by atoms with Gasteiger partial charge in [-0.3, -0.25) is 4.79 Å². The number of rotatable bonds is 4. The maximum absolute atomic E-state index is 11.8. The molecule has 4 rings (SSSR count). The van der Waals surface area contributed by atoms with Crippen molar-refractivity contribution in [1.82, 2.24) is 5.43 Å². The summed E-state index contributed by atoms with van der Waals surface area (Å²) >= 11 is 0. The number of nitrogens with one attached hydrogen (secondary N) is 1. The van der Waals surface area contributed by atoms with Crippen LogP contribution in [0.3, 0.4) is 0 Å². The summed E-state index contributed by atoms with van der Waals surface area (Å²) in [4.78, 5) is 11.8. The highest BCUT2D eigenvalue weighted by Gasteiger charge is 2.52. The Labute approximate surface area is 122 Å². The maximum Gasteiger partial charge on any atom is 0.240 e. The van der Waals surface area contributed by atoms with E-state index in [1.54, 1.807) is 0 Å². The summed E-state index contributed by atoms with van der Waals surface area (Å²) in [6.07, 6.45) is 8.86. The summed E-state index contributed by atoms with van der Waals surface area (Å²) in [6, 6.07) is 0. The van der Waals surface area contributed by atoms with Gasteiger partial charge >= 0.3 is 0 Å². The highest BCUT2D eigenvalue weighted by Crippen LogP contribution is 2.60. The van der Waals surface area contributed by atoms with Crippen molar-refractivity contribution in [2.24, 2.45) is 34.2 Å². The third-order valence-electron chi connectivity index (χ3n) is 5.75. The van der Waals surface area contributed by atoms with Gasteiger partial charge in [0.2, 0.25) is 5.91 Å². The van der Waals surface area contributed by atoms with E-state index in [1.165, 1.54) is 44.2 Å². The summed E-state index contributed by atoms with van der Waals surface area (Å²) in [7, 11) is 0. The van der Waals surface area contributed by atoms with Crippen molar-refractivity contribution in [3.05, 3.63) is 0 Å². The molecule has 3 nitrogen and oxygen atoms in total. The standard InChI is InChI=1S/C17H28N2O/c1-11(2)4-16(20)19-18-12(3)17-8-13-5-14(9-17)7-15(6-13)10-17/h11,13-15H,4-10H2,1-3H3,(H,19,20). The van der Waals surface area contributed by atoms with Crippen LogP contribution in [0.5, 0.6) is 0 Å². The Morgan fingerprint density at radius 2 is 1.65 bits per heavy atom. The number of hydrogen-bond donors (Lipinski definition) is 1. The Bertz CT molecular complexity index is 389. The van der Waals surface area contributed by atoms with Crippen LogP contribution in [0, 0.1) is 29.1 Å². The second-order valence-corrected chi connectivity index (χ2v) is 8.03. The number of carbonyl (C=O) groups excluding carboxylic acids is 1. The summed E-state index contributed by atoms with van der Waals surface area (Å²) in [5.41, 5.74) is 4.30. The van der Waals surface area contributed by atoms with E-state index in [2.05, 4.69) is 31.3 Å². The quantitative estimate of drug-likeness (QED) is 0.617. The molecule has 3 heteroatoms. The van der Waals surface area contributed by atoms with Gasteiger partial charge in [-0.05, 0) is 69.1 Å². The van der Waals surface area contributed by atoms with Crippen molar-refractivity contribution >= 4 is 11.6 Å². The van der Waals surface area contributed by atoms with E-state index in [0.717, 1.165) is 17.8 Å². The van der Waals surface area contributed by atoms with Crippen LogP contribution in [0.15, 0.2) is 5.10 Å². The first-order valence-electron chi connectivity index (χ1n) is 8.30. The average Bonchev–Trinajstić information content (AvgIpc) is 2.33. The molecule has 0 radical (unpaired) electrons. The fourth-order valence-electron chi connectivity index (χ4n) is 5.23. The lowest BCUT2D eigenvalue weighted by molar-refractivity contribution is -0.121. The fraction of sp³-hybridized carbons (Fsp3) is 0.882. The molecule has 0 saturated heterocycles. The van der Waals surface area contributed by atoms with Crippen LogP contribution in [0.2, 0.25) is 0 Å². The Kier molecular flexibility index (Phi) is 3.64. The molecule has 112 valence electrons. The van der Waals surface area contributed by atoms with Gasteiger partial charge in [0.15, 0.2) is 0 Å². The minimum Gasteiger partial charge on any atom is -0.273 e. The zero-order valence-electron chi connectivity index (χ0n) is 13.1. The van der Waals surface area contributed by atoms with E-state index in [0.29, 0.717) is 17.8 Å². The molecule has 4 fully saturated rings. The van der Waals surface area contributed by atoms with E-state index < -0.39 is 0 Å².